The first-order valence-corrected chi connectivity index (χ1v) is 10.0. The van der Waals surface area contributed by atoms with Crippen LogP contribution in [0.1, 0.15) is 40.3 Å². The van der Waals surface area contributed by atoms with Gasteiger partial charge in [-0.2, -0.15) is 0 Å². The molecule has 0 saturated carbocycles. The summed E-state index contributed by atoms with van der Waals surface area (Å²) >= 11 is 0. The van der Waals surface area contributed by atoms with Gasteiger partial charge in [0.2, 0.25) is 0 Å². The number of hydrogen-bond donors (Lipinski definition) is 3. The maximum atomic E-state index is 12.0. The number of nitrogens with zero attached hydrogens (tertiary/aromatic N) is 1. The average Bonchev–Trinajstić information content (AvgIpc) is 2.93. The number of nitrogens with one attached hydrogen (secondary N) is 2. The van der Waals surface area contributed by atoms with Crippen molar-refractivity contribution in [2.24, 2.45) is 5.92 Å². The molecule has 10 nitrogen and oxygen atoms in total. The molecule has 0 spiro atoms. The third kappa shape index (κ3) is 6.39. The molecule has 1 aliphatic heterocycles. The summed E-state index contributed by atoms with van der Waals surface area (Å²) in [4.78, 5) is 25.3. The Morgan fingerprint density at radius 2 is 2.19 bits per heavy atom. The van der Waals surface area contributed by atoms with Gasteiger partial charge in [-0.15, -0.1) is 0 Å². The molecule has 0 radical (unpaired) electrons. The second-order valence-electron chi connectivity index (χ2n) is 6.93. The van der Waals surface area contributed by atoms with E-state index in [9.17, 15) is 19.1 Å². The number of aliphatic hydroxyl groups is 1. The second-order valence-corrected chi connectivity index (χ2v) is 7.96. The van der Waals surface area contributed by atoms with Crippen molar-refractivity contribution >= 4 is 8.03 Å². The molecule has 1 fully saturated rings. The van der Waals surface area contributed by atoms with E-state index in [0.29, 0.717) is 6.42 Å². The number of aliphatic hydroxyl groups excluding tert-OH is 1. The minimum atomic E-state index is -2.22. The van der Waals surface area contributed by atoms with E-state index in [-0.39, 0.29) is 24.7 Å². The van der Waals surface area contributed by atoms with Gasteiger partial charge in [0.1, 0.15) is 0 Å². The van der Waals surface area contributed by atoms with Crippen molar-refractivity contribution in [3.05, 3.63) is 33.1 Å². The average molecular weight is 404 g/mol. The maximum absolute atomic E-state index is 12.0. The van der Waals surface area contributed by atoms with Gasteiger partial charge in [-0.1, -0.05) is 0 Å². The second kappa shape index (κ2) is 9.79. The minimum absolute atomic E-state index is 0.00762. The normalized spacial score (nSPS) is 25.5. The summed E-state index contributed by atoms with van der Waals surface area (Å²) < 4.78 is 29.7. The van der Waals surface area contributed by atoms with Gasteiger partial charge < -0.3 is 0 Å². The van der Waals surface area contributed by atoms with Gasteiger partial charge in [0, 0.05) is 0 Å². The number of aromatic nitrogens is 2. The molecule has 2 rings (SSSR count). The molecule has 2 heterocycles. The summed E-state index contributed by atoms with van der Waals surface area (Å²) in [6.07, 6.45) is -0.151. The fourth-order valence-corrected chi connectivity index (χ4v) is 3.64. The molecule has 0 bridgehead atoms. The molecule has 1 aromatic rings. The third-order valence-electron chi connectivity index (χ3n) is 4.10. The molecule has 6 unspecified atom stereocenters. The number of ether oxygens (including phenoxy) is 2. The first kappa shape index (κ1) is 22.0. The van der Waals surface area contributed by atoms with Gasteiger partial charge >= 0.3 is 157 Å². The quantitative estimate of drug-likeness (QED) is 0.348. The van der Waals surface area contributed by atoms with E-state index < -0.39 is 37.8 Å². The van der Waals surface area contributed by atoms with Crippen LogP contribution in [0.5, 0.6) is 0 Å². The van der Waals surface area contributed by atoms with Crippen molar-refractivity contribution in [2.45, 2.75) is 64.9 Å². The molecule has 27 heavy (non-hydrogen) atoms. The van der Waals surface area contributed by atoms with Crippen LogP contribution in [-0.4, -0.2) is 45.8 Å². The number of H-pyrrole nitrogens is 1. The van der Waals surface area contributed by atoms with Crippen LogP contribution in [0, 0.1) is 5.92 Å². The summed E-state index contributed by atoms with van der Waals surface area (Å²) in [5, 5.41) is 12.4. The van der Waals surface area contributed by atoms with Crippen molar-refractivity contribution in [2.75, 3.05) is 6.61 Å². The predicted molar refractivity (Wildman–Crippen MR) is 97.4 cm³/mol. The summed E-state index contributed by atoms with van der Waals surface area (Å²) in [7, 11) is -2.22. The van der Waals surface area contributed by atoms with E-state index in [1.807, 2.05) is 6.92 Å². The fourth-order valence-electron chi connectivity index (χ4n) is 2.81. The Hall–Kier alpha value is -1.26. The van der Waals surface area contributed by atoms with E-state index in [0.717, 1.165) is 0 Å². The van der Waals surface area contributed by atoms with Gasteiger partial charge in [0.15, 0.2) is 0 Å². The Kier molecular flexibility index (Phi) is 7.99. The van der Waals surface area contributed by atoms with E-state index in [1.54, 1.807) is 20.8 Å². The van der Waals surface area contributed by atoms with Crippen LogP contribution < -0.4 is 16.3 Å². The SMILES string of the molecule is CC(C)OC(O)C(C)NP(#[O+])OCC1CC(C)C(n2ccc(=O)[nH]c2=O)O1. The first-order chi connectivity index (χ1) is 12.7. The van der Waals surface area contributed by atoms with Crippen LogP contribution >= 0.6 is 8.03 Å². The summed E-state index contributed by atoms with van der Waals surface area (Å²) in [5.41, 5.74) is -1.01. The Bertz CT molecular complexity index is 799. The van der Waals surface area contributed by atoms with E-state index in [4.69, 9.17) is 14.0 Å². The van der Waals surface area contributed by atoms with Crippen molar-refractivity contribution in [3.8, 4) is 0 Å². The number of rotatable bonds is 7. The molecular formula is C16H27N3O7P+. The van der Waals surface area contributed by atoms with Crippen molar-refractivity contribution in [1.29, 1.82) is 0 Å². The van der Waals surface area contributed by atoms with E-state index in [1.165, 1.54) is 16.8 Å². The first-order valence-electron chi connectivity index (χ1n) is 8.84. The van der Waals surface area contributed by atoms with Crippen molar-refractivity contribution in [3.63, 3.8) is 0 Å². The standard InChI is InChI=1S/C16H26N3O7P/c1-9(2)25-15(21)11(4)18-27(23)24-8-12-7-10(3)14(26-12)19-6-5-13(20)17-16(19)22/h5-6,9-12,14-15,18,21H,7-8H2,1-4H3/p+1. The molecular weight excluding hydrogens is 377 g/mol. The molecule has 1 aliphatic rings. The molecule has 152 valence electrons. The van der Waals surface area contributed by atoms with E-state index in [2.05, 4.69) is 10.1 Å². The van der Waals surface area contributed by atoms with Crippen LogP contribution in [0.25, 0.3) is 0 Å². The topological polar surface area (TPSA) is 135 Å². The van der Waals surface area contributed by atoms with Crippen molar-refractivity contribution in [1.82, 2.24) is 14.6 Å². The number of aromatic amines is 1. The molecule has 1 aromatic heterocycles. The fraction of sp³-hybridized carbons (Fsp3) is 0.750. The van der Waals surface area contributed by atoms with Crippen LogP contribution in [-0.2, 0) is 18.4 Å². The molecule has 3 N–H and O–H groups in total. The van der Waals surface area contributed by atoms with Crippen molar-refractivity contribution < 1.29 is 23.5 Å². The molecule has 6 atom stereocenters. The third-order valence-corrected chi connectivity index (χ3v) is 5.11. The van der Waals surface area contributed by atoms with Crippen LogP contribution in [0.4, 0.5) is 0 Å². The summed E-state index contributed by atoms with van der Waals surface area (Å²) in [6, 6.07) is 0.681. The van der Waals surface area contributed by atoms with Crippen LogP contribution in [0.15, 0.2) is 21.9 Å². The Balaban J connectivity index is 1.84. The molecule has 0 amide bonds. The van der Waals surface area contributed by atoms with Gasteiger partial charge in [-0.05, 0) is 0 Å². The predicted octanol–water partition coefficient (Wildman–Crippen LogP) is 0.856. The van der Waals surface area contributed by atoms with Gasteiger partial charge in [-0.3, -0.25) is 0 Å². The molecule has 11 heteroatoms. The molecule has 0 aromatic carbocycles. The zero-order chi connectivity index (χ0) is 20.1. The zero-order valence-electron chi connectivity index (χ0n) is 15.8. The number of hydrogen-bond acceptors (Lipinski definition) is 7. The Morgan fingerprint density at radius 3 is 2.81 bits per heavy atom. The monoisotopic (exact) mass is 404 g/mol. The Morgan fingerprint density at radius 1 is 1.48 bits per heavy atom. The van der Waals surface area contributed by atoms with E-state index >= 15 is 0 Å². The van der Waals surface area contributed by atoms with Gasteiger partial charge in [0.25, 0.3) is 0 Å². The Labute approximate surface area is 157 Å². The zero-order valence-corrected chi connectivity index (χ0v) is 16.7. The molecule has 0 aliphatic carbocycles. The molecule has 1 saturated heterocycles. The summed E-state index contributed by atoms with van der Waals surface area (Å²) in [5.74, 6) is 0.00762. The van der Waals surface area contributed by atoms with Crippen LogP contribution in [0.2, 0.25) is 0 Å². The summed E-state index contributed by atoms with van der Waals surface area (Å²) in [6.45, 7) is 7.19. The van der Waals surface area contributed by atoms with Crippen LogP contribution in [0.3, 0.4) is 0 Å². The van der Waals surface area contributed by atoms with Gasteiger partial charge in [0.05, 0.1) is 0 Å². The van der Waals surface area contributed by atoms with Gasteiger partial charge in [-0.25, -0.2) is 0 Å².